The molecule has 0 saturated carbocycles. The fourth-order valence-corrected chi connectivity index (χ4v) is 2.29. The summed E-state index contributed by atoms with van der Waals surface area (Å²) >= 11 is 0. The summed E-state index contributed by atoms with van der Waals surface area (Å²) in [6.45, 7) is 10.1. The van der Waals surface area contributed by atoms with Gasteiger partial charge in [0, 0.05) is 13.1 Å². The van der Waals surface area contributed by atoms with Crippen molar-refractivity contribution in [2.45, 2.75) is 59.2 Å². The summed E-state index contributed by atoms with van der Waals surface area (Å²) in [5.74, 6) is -0.594. The highest BCUT2D eigenvalue weighted by molar-refractivity contribution is 7.87. The van der Waals surface area contributed by atoms with E-state index in [1.54, 1.807) is 34.6 Å². The van der Waals surface area contributed by atoms with Gasteiger partial charge in [0.2, 0.25) is 0 Å². The van der Waals surface area contributed by atoms with Crippen molar-refractivity contribution >= 4 is 16.2 Å². The Labute approximate surface area is 110 Å². The van der Waals surface area contributed by atoms with Crippen LogP contribution in [0, 0.1) is 0 Å². The lowest BCUT2D eigenvalue weighted by Crippen LogP contribution is -2.49. The zero-order valence-corrected chi connectivity index (χ0v) is 13.0. The van der Waals surface area contributed by atoms with Crippen LogP contribution >= 0.6 is 0 Å². The maximum absolute atomic E-state index is 11.9. The molecule has 0 unspecified atom stereocenters. The number of ether oxygens (including phenoxy) is 1. The van der Waals surface area contributed by atoms with Gasteiger partial charge in [-0.25, -0.2) is 0 Å². The van der Waals surface area contributed by atoms with Crippen molar-refractivity contribution in [2.24, 2.45) is 0 Å². The number of nitrogens with zero attached hydrogens (tertiary/aromatic N) is 1. The van der Waals surface area contributed by atoms with Crippen LogP contribution in [0.15, 0.2) is 0 Å². The van der Waals surface area contributed by atoms with E-state index in [4.69, 9.17) is 4.74 Å². The Balaban J connectivity index is 4.67. The lowest BCUT2D eigenvalue weighted by atomic mass is 10.2. The van der Waals surface area contributed by atoms with Crippen molar-refractivity contribution in [1.29, 1.82) is 0 Å². The molecule has 0 aromatic carbocycles. The van der Waals surface area contributed by atoms with E-state index in [2.05, 4.69) is 4.72 Å². The molecule has 6 nitrogen and oxygen atoms in total. The third kappa shape index (κ3) is 5.79. The maximum Gasteiger partial charge on any atom is 0.324 e. The van der Waals surface area contributed by atoms with Gasteiger partial charge < -0.3 is 4.74 Å². The minimum atomic E-state index is -3.68. The summed E-state index contributed by atoms with van der Waals surface area (Å²) in [7, 11) is -2.22. The number of nitrogens with one attached hydrogen (secondary N) is 1. The topological polar surface area (TPSA) is 75.7 Å². The fraction of sp³-hybridized carbons (Fsp3) is 0.909. The van der Waals surface area contributed by atoms with Crippen LogP contribution in [-0.2, 0) is 19.7 Å². The standard InChI is InChI=1S/C11H24N2O4S/c1-8(2)13(7)18(15,16)12-9(3)10(14)17-11(4,5)6/h8-9,12H,1-7H3/t9-/m1/s1. The molecule has 0 aromatic rings. The van der Waals surface area contributed by atoms with Crippen LogP contribution in [0.3, 0.4) is 0 Å². The zero-order valence-electron chi connectivity index (χ0n) is 12.1. The second-order valence-electron chi connectivity index (χ2n) is 5.49. The molecular weight excluding hydrogens is 256 g/mol. The zero-order chi connectivity index (χ0) is 14.7. The van der Waals surface area contributed by atoms with Crippen LogP contribution in [0.2, 0.25) is 0 Å². The Hall–Kier alpha value is -0.660. The molecule has 1 atom stereocenters. The first-order valence-electron chi connectivity index (χ1n) is 5.85. The molecule has 0 aliphatic heterocycles. The van der Waals surface area contributed by atoms with Crippen molar-refractivity contribution in [3.8, 4) is 0 Å². The van der Waals surface area contributed by atoms with Crippen molar-refractivity contribution < 1.29 is 17.9 Å². The van der Waals surface area contributed by atoms with E-state index in [1.165, 1.54) is 14.0 Å². The van der Waals surface area contributed by atoms with Crippen LogP contribution in [0.1, 0.15) is 41.5 Å². The first-order valence-corrected chi connectivity index (χ1v) is 7.29. The average Bonchev–Trinajstić information content (AvgIpc) is 2.12. The van der Waals surface area contributed by atoms with Crippen molar-refractivity contribution in [3.05, 3.63) is 0 Å². The van der Waals surface area contributed by atoms with E-state index < -0.39 is 27.8 Å². The highest BCUT2D eigenvalue weighted by Crippen LogP contribution is 2.09. The number of hydrogen-bond donors (Lipinski definition) is 1. The van der Waals surface area contributed by atoms with E-state index in [0.29, 0.717) is 0 Å². The molecule has 0 fully saturated rings. The van der Waals surface area contributed by atoms with Gasteiger partial charge in [-0.3, -0.25) is 4.79 Å². The molecule has 7 heteroatoms. The number of carbonyl (C=O) groups is 1. The van der Waals surface area contributed by atoms with E-state index in [-0.39, 0.29) is 6.04 Å². The molecule has 0 aliphatic carbocycles. The predicted molar refractivity (Wildman–Crippen MR) is 70.3 cm³/mol. The van der Waals surface area contributed by atoms with Gasteiger partial charge >= 0.3 is 5.97 Å². The van der Waals surface area contributed by atoms with Crippen molar-refractivity contribution in [1.82, 2.24) is 9.03 Å². The Morgan fingerprint density at radius 3 is 2.00 bits per heavy atom. The van der Waals surface area contributed by atoms with Crippen LogP contribution in [-0.4, -0.2) is 43.4 Å². The van der Waals surface area contributed by atoms with Gasteiger partial charge in [-0.15, -0.1) is 0 Å². The smallest absolute Gasteiger partial charge is 0.324 e. The second-order valence-corrected chi connectivity index (χ2v) is 7.25. The van der Waals surface area contributed by atoms with E-state index in [9.17, 15) is 13.2 Å². The van der Waals surface area contributed by atoms with Gasteiger partial charge in [-0.2, -0.15) is 17.4 Å². The highest BCUT2D eigenvalue weighted by Gasteiger charge is 2.28. The summed E-state index contributed by atoms with van der Waals surface area (Å²) in [5.41, 5.74) is -0.638. The Morgan fingerprint density at radius 1 is 1.22 bits per heavy atom. The van der Waals surface area contributed by atoms with E-state index in [1.807, 2.05) is 0 Å². The quantitative estimate of drug-likeness (QED) is 0.759. The summed E-state index contributed by atoms with van der Waals surface area (Å²) < 4.78 is 32.3. The average molecular weight is 280 g/mol. The van der Waals surface area contributed by atoms with Gasteiger partial charge in [0.05, 0.1) is 0 Å². The Kier molecular flexibility index (Phi) is 5.77. The third-order valence-electron chi connectivity index (χ3n) is 2.19. The van der Waals surface area contributed by atoms with Gasteiger partial charge in [0.15, 0.2) is 0 Å². The summed E-state index contributed by atoms with van der Waals surface area (Å²) in [4.78, 5) is 11.7. The third-order valence-corrected chi connectivity index (χ3v) is 4.02. The number of esters is 1. The molecule has 0 saturated heterocycles. The molecule has 0 spiro atoms. The monoisotopic (exact) mass is 280 g/mol. The summed E-state index contributed by atoms with van der Waals surface area (Å²) in [6.07, 6.45) is 0. The second kappa shape index (κ2) is 5.99. The largest absolute Gasteiger partial charge is 0.459 e. The van der Waals surface area contributed by atoms with E-state index >= 15 is 0 Å². The lowest BCUT2D eigenvalue weighted by Gasteiger charge is -2.25. The molecule has 0 aromatic heterocycles. The number of hydrogen-bond acceptors (Lipinski definition) is 4. The van der Waals surface area contributed by atoms with Crippen molar-refractivity contribution in [3.63, 3.8) is 0 Å². The predicted octanol–water partition coefficient (Wildman–Crippen LogP) is 0.891. The Bertz CT molecular complexity index is 384. The van der Waals surface area contributed by atoms with Gasteiger partial charge in [0.1, 0.15) is 11.6 Å². The molecule has 18 heavy (non-hydrogen) atoms. The van der Waals surface area contributed by atoms with E-state index in [0.717, 1.165) is 4.31 Å². The highest BCUT2D eigenvalue weighted by atomic mass is 32.2. The lowest BCUT2D eigenvalue weighted by molar-refractivity contribution is -0.156. The number of rotatable bonds is 5. The molecule has 0 amide bonds. The van der Waals surface area contributed by atoms with Crippen molar-refractivity contribution in [2.75, 3.05) is 7.05 Å². The molecule has 0 heterocycles. The van der Waals surface area contributed by atoms with Crippen LogP contribution in [0.4, 0.5) is 0 Å². The molecule has 0 bridgehead atoms. The maximum atomic E-state index is 11.9. The minimum Gasteiger partial charge on any atom is -0.459 e. The molecular formula is C11H24N2O4S. The molecule has 108 valence electrons. The van der Waals surface area contributed by atoms with Crippen LogP contribution < -0.4 is 4.72 Å². The van der Waals surface area contributed by atoms with Crippen LogP contribution in [0.25, 0.3) is 0 Å². The summed E-state index contributed by atoms with van der Waals surface area (Å²) in [6, 6.07) is -1.11. The van der Waals surface area contributed by atoms with Gasteiger partial charge in [-0.05, 0) is 41.5 Å². The molecule has 0 aliphatic rings. The fourth-order valence-electron chi connectivity index (χ4n) is 1.02. The molecule has 0 radical (unpaired) electrons. The summed E-state index contributed by atoms with van der Waals surface area (Å²) in [5, 5.41) is 0. The normalized spacial score (nSPS) is 14.9. The molecule has 0 rings (SSSR count). The van der Waals surface area contributed by atoms with Crippen LogP contribution in [0.5, 0.6) is 0 Å². The number of carbonyl (C=O) groups excluding carboxylic acids is 1. The van der Waals surface area contributed by atoms with Gasteiger partial charge in [-0.1, -0.05) is 0 Å². The van der Waals surface area contributed by atoms with Gasteiger partial charge in [0.25, 0.3) is 10.2 Å². The SMILES string of the molecule is CC(C)N(C)S(=O)(=O)N[C@H](C)C(=O)OC(C)(C)C. The Morgan fingerprint density at radius 2 is 1.67 bits per heavy atom. The minimum absolute atomic E-state index is 0.187. The first kappa shape index (κ1) is 17.3. The first-order chi connectivity index (χ1) is 7.87. The molecule has 1 N–H and O–H groups in total.